The van der Waals surface area contributed by atoms with E-state index < -0.39 is 0 Å². The van der Waals surface area contributed by atoms with Crippen molar-refractivity contribution in [1.29, 1.82) is 0 Å². The summed E-state index contributed by atoms with van der Waals surface area (Å²) in [6.45, 7) is 0. The summed E-state index contributed by atoms with van der Waals surface area (Å²) < 4.78 is 3.91. The minimum atomic E-state index is 0. The van der Waals surface area contributed by atoms with E-state index in [1.165, 1.54) is 0 Å². The van der Waals surface area contributed by atoms with Crippen LogP contribution in [0.15, 0.2) is 36.4 Å². The molecule has 0 fully saturated rings. The summed E-state index contributed by atoms with van der Waals surface area (Å²) in [6.07, 6.45) is 0. The molecule has 0 bridgehead atoms. The molecule has 0 spiro atoms. The molecule has 0 saturated carbocycles. The van der Waals surface area contributed by atoms with Crippen molar-refractivity contribution >= 4 is 90.4 Å². The van der Waals surface area contributed by atoms with Crippen LogP contribution < -0.4 is 0 Å². The van der Waals surface area contributed by atoms with Gasteiger partial charge in [-0.25, -0.2) is 0 Å². The normalized spacial score (nSPS) is 9.05. The molecule has 2 nitrogen and oxygen atoms in total. The van der Waals surface area contributed by atoms with E-state index in [9.17, 15) is 0 Å². The molecule has 0 aliphatic rings. The summed E-state index contributed by atoms with van der Waals surface area (Å²) in [4.78, 5) is 0. The second kappa shape index (κ2) is 11.0. The first-order chi connectivity index (χ1) is 8.40. The van der Waals surface area contributed by atoms with Crippen molar-refractivity contribution in [3.63, 3.8) is 0 Å². The second-order valence-corrected chi connectivity index (χ2v) is 8.01. The van der Waals surface area contributed by atoms with Gasteiger partial charge in [-0.3, -0.25) is 0 Å². The van der Waals surface area contributed by atoms with Gasteiger partial charge in [0.1, 0.15) is 11.5 Å². The summed E-state index contributed by atoms with van der Waals surface area (Å²) >= 11 is 8.49. The number of hydrogen-bond acceptors (Lipinski definition) is 2. The molecule has 0 atom stereocenters. The Bertz CT molecular complexity index is 500. The molecular formula is C12H8AcI4O2. The Balaban J connectivity index is 0.000000324. The van der Waals surface area contributed by atoms with Crippen LogP contribution in [0.2, 0.25) is 0 Å². The second-order valence-electron chi connectivity index (χ2n) is 3.19. The monoisotopic (exact) mass is 919 g/mol. The number of phenols is 2. The fraction of sp³-hybridized carbons (Fsp3) is 0. The van der Waals surface area contributed by atoms with Crippen molar-refractivity contribution in [2.75, 3.05) is 0 Å². The molecule has 2 rings (SSSR count). The molecule has 1 radical (unpaired) electrons. The van der Waals surface area contributed by atoms with Gasteiger partial charge in [-0.15, -0.1) is 0 Å². The number of hydrogen-bond donors (Lipinski definition) is 2. The first-order valence-corrected chi connectivity index (χ1v) is 8.99. The molecule has 2 aromatic rings. The SMILES string of the molecule is Oc1cc(I)ccc1I.Oc1cc(I)ccc1I.[Ac]. The largest absolute Gasteiger partial charge is 0.507 e. The van der Waals surface area contributed by atoms with Gasteiger partial charge in [-0.2, -0.15) is 0 Å². The van der Waals surface area contributed by atoms with Gasteiger partial charge in [-0.05, 0) is 127 Å². The Hall–Kier alpha value is 2.40. The Labute approximate surface area is 202 Å². The average molecular weight is 919 g/mol. The van der Waals surface area contributed by atoms with Crippen LogP contribution >= 0.6 is 90.4 Å². The fourth-order valence-corrected chi connectivity index (χ4v) is 2.59. The fourth-order valence-electron chi connectivity index (χ4n) is 0.972. The maximum Gasteiger partial charge on any atom is 0.129 e. The smallest absolute Gasteiger partial charge is 0.129 e. The topological polar surface area (TPSA) is 40.5 Å². The quantitative estimate of drug-likeness (QED) is 0.358. The zero-order valence-corrected chi connectivity index (χ0v) is 22.8. The van der Waals surface area contributed by atoms with E-state index >= 15 is 0 Å². The third-order valence-electron chi connectivity index (χ3n) is 1.82. The van der Waals surface area contributed by atoms with Gasteiger partial charge < -0.3 is 10.2 Å². The molecule has 0 aromatic heterocycles. The van der Waals surface area contributed by atoms with Crippen LogP contribution in [0.4, 0.5) is 0 Å². The van der Waals surface area contributed by atoms with E-state index in [-0.39, 0.29) is 44.1 Å². The number of aromatic hydroxyl groups is 2. The Morgan fingerprint density at radius 1 is 0.632 bits per heavy atom. The zero-order valence-electron chi connectivity index (χ0n) is 9.45. The summed E-state index contributed by atoms with van der Waals surface area (Å²) in [7, 11) is 0. The molecule has 2 aromatic carbocycles. The van der Waals surface area contributed by atoms with E-state index in [0.29, 0.717) is 11.5 Å². The third kappa shape index (κ3) is 8.56. The minimum Gasteiger partial charge on any atom is -0.507 e. The predicted octanol–water partition coefficient (Wildman–Crippen LogP) is 5.20. The van der Waals surface area contributed by atoms with Crippen LogP contribution in [0, 0.1) is 58.3 Å². The Morgan fingerprint density at radius 3 is 1.16 bits per heavy atom. The van der Waals surface area contributed by atoms with Crippen molar-refractivity contribution < 1.29 is 54.3 Å². The Kier molecular flexibility index (Phi) is 12.4. The molecule has 0 aliphatic heterocycles. The average Bonchev–Trinajstić information content (AvgIpc) is 2.30. The summed E-state index contributed by atoms with van der Waals surface area (Å²) in [6, 6.07) is 11.2. The van der Waals surface area contributed by atoms with Crippen molar-refractivity contribution in [3.8, 4) is 11.5 Å². The first-order valence-electron chi connectivity index (χ1n) is 4.68. The zero-order chi connectivity index (χ0) is 13.7. The van der Waals surface area contributed by atoms with Crippen LogP contribution in [-0.2, 0) is 0 Å². The van der Waals surface area contributed by atoms with Crippen molar-refractivity contribution in [2.24, 2.45) is 0 Å². The number of rotatable bonds is 0. The Morgan fingerprint density at radius 2 is 0.947 bits per heavy atom. The molecule has 2 N–H and O–H groups in total. The molecule has 7 heteroatoms. The molecule has 99 valence electrons. The molecule has 0 saturated heterocycles. The summed E-state index contributed by atoms with van der Waals surface area (Å²) in [5.74, 6) is 0.727. The predicted molar refractivity (Wildman–Crippen MR) is 107 cm³/mol. The van der Waals surface area contributed by atoms with Gasteiger partial charge in [-0.1, -0.05) is 0 Å². The van der Waals surface area contributed by atoms with Gasteiger partial charge in [0, 0.05) is 51.2 Å². The molecular weight excluding hydrogens is 911 g/mol. The summed E-state index contributed by atoms with van der Waals surface area (Å²) in [5.41, 5.74) is 0. The van der Waals surface area contributed by atoms with Crippen LogP contribution in [0.25, 0.3) is 0 Å². The van der Waals surface area contributed by atoms with Gasteiger partial charge >= 0.3 is 0 Å². The van der Waals surface area contributed by atoms with Crippen molar-refractivity contribution in [1.82, 2.24) is 0 Å². The van der Waals surface area contributed by atoms with Crippen LogP contribution in [0.5, 0.6) is 11.5 Å². The van der Waals surface area contributed by atoms with Gasteiger partial charge in [0.25, 0.3) is 0 Å². The number of benzene rings is 2. The maximum absolute atomic E-state index is 9.09. The minimum absolute atomic E-state index is 0. The van der Waals surface area contributed by atoms with Crippen molar-refractivity contribution in [3.05, 3.63) is 50.7 Å². The van der Waals surface area contributed by atoms with E-state index in [2.05, 4.69) is 90.4 Å². The first kappa shape index (κ1) is 21.4. The van der Waals surface area contributed by atoms with Gasteiger partial charge in [0.15, 0.2) is 0 Å². The van der Waals surface area contributed by atoms with E-state index in [1.54, 1.807) is 12.1 Å². The number of halogens is 4. The van der Waals surface area contributed by atoms with Gasteiger partial charge in [0.05, 0.1) is 7.14 Å². The van der Waals surface area contributed by atoms with E-state index in [0.717, 1.165) is 14.3 Å². The maximum atomic E-state index is 9.09. The van der Waals surface area contributed by atoms with Crippen molar-refractivity contribution in [2.45, 2.75) is 0 Å². The molecule has 0 heterocycles. The third-order valence-corrected chi connectivity index (χ3v) is 4.98. The van der Waals surface area contributed by atoms with Crippen LogP contribution in [0.3, 0.4) is 0 Å². The molecule has 0 unspecified atom stereocenters. The molecule has 0 aliphatic carbocycles. The number of phenolic OH excluding ortho intramolecular Hbond substituents is 2. The summed E-state index contributed by atoms with van der Waals surface area (Å²) in [5, 5.41) is 18.2. The molecule has 19 heavy (non-hydrogen) atoms. The molecule has 0 amide bonds. The van der Waals surface area contributed by atoms with E-state index in [1.807, 2.05) is 24.3 Å². The standard InChI is InChI=1S/2C6H4I2O.Ac/c2*7-4-1-2-5(8)6(9)3-4;/h2*1-3,9H;. The van der Waals surface area contributed by atoms with Crippen LogP contribution in [-0.4, -0.2) is 10.2 Å². The van der Waals surface area contributed by atoms with Gasteiger partial charge in [0.2, 0.25) is 0 Å². The van der Waals surface area contributed by atoms with Crippen LogP contribution in [0.1, 0.15) is 0 Å². The van der Waals surface area contributed by atoms with E-state index in [4.69, 9.17) is 10.2 Å².